The summed E-state index contributed by atoms with van der Waals surface area (Å²) in [6, 6.07) is 20.8. The molecule has 1 atom stereocenters. The summed E-state index contributed by atoms with van der Waals surface area (Å²) >= 11 is 0. The molecule has 35 heavy (non-hydrogen) atoms. The van der Waals surface area contributed by atoms with Crippen LogP contribution >= 0.6 is 0 Å². The number of pyridine rings is 1. The molecule has 1 aliphatic heterocycles. The highest BCUT2D eigenvalue weighted by Gasteiger charge is 2.24. The van der Waals surface area contributed by atoms with Crippen LogP contribution in [0.5, 0.6) is 0 Å². The average Bonchev–Trinajstić information content (AvgIpc) is 2.89. The van der Waals surface area contributed by atoms with Crippen LogP contribution in [0.1, 0.15) is 85.9 Å². The Hall–Kier alpha value is -2.45. The predicted molar refractivity (Wildman–Crippen MR) is 150 cm³/mol. The summed E-state index contributed by atoms with van der Waals surface area (Å²) in [6.45, 7) is 11.3. The predicted octanol–water partition coefficient (Wildman–Crippen LogP) is 8.26. The van der Waals surface area contributed by atoms with E-state index in [0.29, 0.717) is 6.04 Å². The van der Waals surface area contributed by atoms with Gasteiger partial charge < -0.3 is 0 Å². The molecule has 0 aliphatic carbocycles. The Kier molecular flexibility index (Phi) is 9.15. The number of unbranched alkanes of at least 4 members (excludes halogenated alkanes) is 1. The SMILES string of the molecule is CCc1cccc(CC)c1-c1cc(C)c(CN2CCCCC2CCCCc2ccccc2)c(C)n1. The number of aryl methyl sites for hydroxylation is 5. The first-order valence-corrected chi connectivity index (χ1v) is 14.0. The Morgan fingerprint density at radius 2 is 1.63 bits per heavy atom. The molecule has 0 N–H and O–H groups in total. The van der Waals surface area contributed by atoms with E-state index in [9.17, 15) is 0 Å². The highest BCUT2D eigenvalue weighted by atomic mass is 15.2. The molecule has 2 heterocycles. The molecular weight excluding hydrogens is 424 g/mol. The van der Waals surface area contributed by atoms with Crippen LogP contribution in [-0.4, -0.2) is 22.5 Å². The van der Waals surface area contributed by atoms with Gasteiger partial charge in [0.1, 0.15) is 0 Å². The van der Waals surface area contributed by atoms with E-state index in [4.69, 9.17) is 4.98 Å². The quantitative estimate of drug-likeness (QED) is 0.278. The minimum absolute atomic E-state index is 0.713. The van der Waals surface area contributed by atoms with E-state index in [1.807, 2.05) is 0 Å². The van der Waals surface area contributed by atoms with E-state index in [1.54, 1.807) is 0 Å². The standard InChI is InChI=1S/C33H44N2/c1-5-28-18-14-19-29(6-2)33(28)32-23-25(3)31(26(4)34-32)24-35-22-13-12-21-30(35)20-11-10-17-27-15-8-7-9-16-27/h7-9,14-16,18-19,23,30H,5-6,10-13,17,20-22,24H2,1-4H3. The second-order valence-electron chi connectivity index (χ2n) is 10.4. The lowest BCUT2D eigenvalue weighted by molar-refractivity contribution is 0.129. The summed E-state index contributed by atoms with van der Waals surface area (Å²) in [4.78, 5) is 7.96. The molecule has 0 radical (unpaired) electrons. The van der Waals surface area contributed by atoms with Gasteiger partial charge in [-0.15, -0.1) is 0 Å². The van der Waals surface area contributed by atoms with Crippen molar-refractivity contribution in [2.45, 2.75) is 98.1 Å². The number of nitrogens with zero attached hydrogens (tertiary/aromatic N) is 2. The van der Waals surface area contributed by atoms with Crippen LogP contribution in [0.15, 0.2) is 54.6 Å². The van der Waals surface area contributed by atoms with Gasteiger partial charge >= 0.3 is 0 Å². The average molecular weight is 469 g/mol. The minimum Gasteiger partial charge on any atom is -0.296 e. The molecule has 186 valence electrons. The maximum atomic E-state index is 5.19. The van der Waals surface area contributed by atoms with Crippen LogP contribution in [0.2, 0.25) is 0 Å². The lowest BCUT2D eigenvalue weighted by Gasteiger charge is -2.36. The topological polar surface area (TPSA) is 16.1 Å². The second kappa shape index (κ2) is 12.5. The van der Waals surface area contributed by atoms with Crippen LogP contribution in [0.4, 0.5) is 0 Å². The highest BCUT2D eigenvalue weighted by Crippen LogP contribution is 2.31. The Balaban J connectivity index is 1.46. The second-order valence-corrected chi connectivity index (χ2v) is 10.4. The molecule has 1 aromatic heterocycles. The van der Waals surface area contributed by atoms with Crippen LogP contribution in [-0.2, 0) is 25.8 Å². The first-order valence-electron chi connectivity index (χ1n) is 14.0. The van der Waals surface area contributed by atoms with Crippen molar-refractivity contribution in [3.05, 3.63) is 88.1 Å². The van der Waals surface area contributed by atoms with E-state index in [2.05, 4.69) is 87.2 Å². The third kappa shape index (κ3) is 6.41. The van der Waals surface area contributed by atoms with Crippen molar-refractivity contribution < 1.29 is 0 Å². The Labute approximate surface area is 213 Å². The van der Waals surface area contributed by atoms with Gasteiger partial charge in [-0.1, -0.05) is 75.2 Å². The molecular formula is C33H44N2. The normalized spacial score (nSPS) is 16.5. The number of hydrogen-bond donors (Lipinski definition) is 0. The monoisotopic (exact) mass is 468 g/mol. The van der Waals surface area contributed by atoms with Crippen molar-refractivity contribution in [1.29, 1.82) is 0 Å². The van der Waals surface area contributed by atoms with E-state index in [-0.39, 0.29) is 0 Å². The van der Waals surface area contributed by atoms with Crippen molar-refractivity contribution in [3.8, 4) is 11.3 Å². The summed E-state index contributed by atoms with van der Waals surface area (Å²) in [5.74, 6) is 0. The van der Waals surface area contributed by atoms with Gasteiger partial charge in [-0.25, -0.2) is 0 Å². The van der Waals surface area contributed by atoms with Crippen LogP contribution in [0.25, 0.3) is 11.3 Å². The third-order valence-corrected chi connectivity index (χ3v) is 8.02. The molecule has 1 aliphatic rings. The number of aromatic nitrogens is 1. The molecule has 3 aromatic rings. The zero-order chi connectivity index (χ0) is 24.6. The molecule has 4 rings (SSSR count). The number of hydrogen-bond acceptors (Lipinski definition) is 2. The van der Waals surface area contributed by atoms with Crippen LogP contribution in [0.3, 0.4) is 0 Å². The van der Waals surface area contributed by atoms with Gasteiger partial charge in [0.15, 0.2) is 0 Å². The smallest absolute Gasteiger partial charge is 0.0713 e. The van der Waals surface area contributed by atoms with Crippen molar-refractivity contribution >= 4 is 0 Å². The Bertz CT molecular complexity index is 1040. The summed E-state index contributed by atoms with van der Waals surface area (Å²) < 4.78 is 0. The van der Waals surface area contributed by atoms with Crippen molar-refractivity contribution in [3.63, 3.8) is 0 Å². The fraction of sp³-hybridized carbons (Fsp3) is 0.485. The fourth-order valence-corrected chi connectivity index (χ4v) is 5.95. The van der Waals surface area contributed by atoms with Gasteiger partial charge in [0.25, 0.3) is 0 Å². The largest absolute Gasteiger partial charge is 0.296 e. The molecule has 0 spiro atoms. The molecule has 0 saturated carbocycles. The zero-order valence-corrected chi connectivity index (χ0v) is 22.4. The number of likely N-dealkylation sites (tertiary alicyclic amines) is 1. The van der Waals surface area contributed by atoms with Gasteiger partial charge in [0, 0.05) is 23.8 Å². The molecule has 1 saturated heterocycles. The van der Waals surface area contributed by atoms with Gasteiger partial charge in [-0.2, -0.15) is 0 Å². The van der Waals surface area contributed by atoms with Crippen molar-refractivity contribution in [1.82, 2.24) is 9.88 Å². The summed E-state index contributed by atoms with van der Waals surface area (Å²) in [7, 11) is 0. The maximum absolute atomic E-state index is 5.19. The first-order chi connectivity index (χ1) is 17.1. The van der Waals surface area contributed by atoms with E-state index >= 15 is 0 Å². The third-order valence-electron chi connectivity index (χ3n) is 8.02. The Morgan fingerprint density at radius 1 is 0.886 bits per heavy atom. The van der Waals surface area contributed by atoms with Crippen molar-refractivity contribution in [2.75, 3.05) is 6.54 Å². The Morgan fingerprint density at radius 3 is 2.31 bits per heavy atom. The summed E-state index contributed by atoms with van der Waals surface area (Å²) in [5, 5.41) is 0. The van der Waals surface area contributed by atoms with Gasteiger partial charge in [-0.05, 0) is 99.2 Å². The van der Waals surface area contributed by atoms with E-state index < -0.39 is 0 Å². The number of piperidine rings is 1. The van der Waals surface area contributed by atoms with Gasteiger partial charge in [0.05, 0.1) is 5.69 Å². The number of benzene rings is 2. The van der Waals surface area contributed by atoms with Gasteiger partial charge in [0.2, 0.25) is 0 Å². The molecule has 2 heteroatoms. The maximum Gasteiger partial charge on any atom is 0.0713 e. The highest BCUT2D eigenvalue weighted by molar-refractivity contribution is 5.69. The molecule has 1 unspecified atom stereocenters. The molecule has 0 bridgehead atoms. The minimum atomic E-state index is 0.713. The lowest BCUT2D eigenvalue weighted by atomic mass is 9.92. The van der Waals surface area contributed by atoms with Crippen molar-refractivity contribution in [2.24, 2.45) is 0 Å². The number of rotatable bonds is 10. The zero-order valence-electron chi connectivity index (χ0n) is 22.4. The van der Waals surface area contributed by atoms with E-state index in [0.717, 1.165) is 25.1 Å². The van der Waals surface area contributed by atoms with Gasteiger partial charge in [-0.3, -0.25) is 9.88 Å². The first kappa shape index (κ1) is 25.6. The summed E-state index contributed by atoms with van der Waals surface area (Å²) in [5.41, 5.74) is 10.9. The van der Waals surface area contributed by atoms with Crippen LogP contribution in [0, 0.1) is 13.8 Å². The molecule has 1 fully saturated rings. The molecule has 2 nitrogen and oxygen atoms in total. The van der Waals surface area contributed by atoms with Crippen LogP contribution < -0.4 is 0 Å². The molecule has 2 aromatic carbocycles. The fourth-order valence-electron chi connectivity index (χ4n) is 5.95. The lowest BCUT2D eigenvalue weighted by Crippen LogP contribution is -2.39. The molecule has 0 amide bonds. The summed E-state index contributed by atoms with van der Waals surface area (Å²) in [6.07, 6.45) is 11.3. The van der Waals surface area contributed by atoms with E-state index in [1.165, 1.54) is 90.6 Å².